The number of allylic oxidation sites excluding steroid dienone is 2. The normalized spacial score (nSPS) is 50.9. The zero-order valence-electron chi connectivity index (χ0n) is 20.3. The van der Waals surface area contributed by atoms with E-state index in [-0.39, 0.29) is 39.8 Å². The summed E-state index contributed by atoms with van der Waals surface area (Å²) in [5, 5.41) is 0. The Morgan fingerprint density at radius 1 is 1.03 bits per heavy atom. The Bertz CT molecular complexity index is 842. The molecule has 3 saturated carbocycles. The van der Waals surface area contributed by atoms with Crippen molar-refractivity contribution in [3.05, 3.63) is 11.6 Å². The second-order valence-electron chi connectivity index (χ2n) is 12.5. The lowest BCUT2D eigenvalue weighted by atomic mass is 9.41. The average molecular weight is 429 g/mol. The van der Waals surface area contributed by atoms with Crippen molar-refractivity contribution in [2.45, 2.75) is 92.3 Å². The molecular formula is C27H40O4. The fourth-order valence-electron chi connectivity index (χ4n) is 9.35. The molecule has 1 heterocycles. The van der Waals surface area contributed by atoms with Crippen molar-refractivity contribution in [1.29, 1.82) is 0 Å². The number of ketones is 1. The van der Waals surface area contributed by atoms with Gasteiger partial charge >= 0.3 is 5.97 Å². The number of esters is 1. The molecule has 0 amide bonds. The number of cyclic esters (lactones) is 1. The van der Waals surface area contributed by atoms with Gasteiger partial charge in [0.2, 0.25) is 6.29 Å². The zero-order chi connectivity index (χ0) is 22.4. The van der Waals surface area contributed by atoms with Crippen molar-refractivity contribution < 1.29 is 19.1 Å². The van der Waals surface area contributed by atoms with E-state index in [9.17, 15) is 9.59 Å². The number of rotatable bonds is 2. The van der Waals surface area contributed by atoms with E-state index in [2.05, 4.69) is 40.7 Å². The molecular weight excluding hydrogens is 388 g/mol. The van der Waals surface area contributed by atoms with Crippen molar-refractivity contribution in [2.75, 3.05) is 7.11 Å². The summed E-state index contributed by atoms with van der Waals surface area (Å²) in [4.78, 5) is 24.9. The van der Waals surface area contributed by atoms with Gasteiger partial charge in [-0.05, 0) is 72.5 Å². The molecule has 4 heteroatoms. The maximum atomic E-state index is 12.8. The monoisotopic (exact) mass is 428 g/mol. The molecule has 172 valence electrons. The number of hydrogen-bond acceptors (Lipinski definition) is 4. The van der Waals surface area contributed by atoms with Crippen LogP contribution in [0.1, 0.15) is 86.0 Å². The first-order valence-corrected chi connectivity index (χ1v) is 12.4. The van der Waals surface area contributed by atoms with Gasteiger partial charge in [0.15, 0.2) is 0 Å². The number of fused-ring (bicyclic) bond motifs is 5. The number of carbonyl (C=O) groups excluding carboxylic acids is 2. The van der Waals surface area contributed by atoms with Gasteiger partial charge in [0.25, 0.3) is 0 Å². The molecule has 5 aliphatic rings. The summed E-state index contributed by atoms with van der Waals surface area (Å²) in [6.07, 6.45) is 10.2. The maximum absolute atomic E-state index is 12.8. The summed E-state index contributed by atoms with van der Waals surface area (Å²) in [6.45, 7) is 11.9. The third-order valence-corrected chi connectivity index (χ3v) is 11.4. The minimum absolute atomic E-state index is 0.107. The fourth-order valence-corrected chi connectivity index (χ4v) is 9.35. The summed E-state index contributed by atoms with van der Waals surface area (Å²) >= 11 is 0. The van der Waals surface area contributed by atoms with Crippen LogP contribution in [0, 0.1) is 45.3 Å². The Kier molecular flexibility index (Phi) is 4.67. The molecule has 0 aromatic heterocycles. The van der Waals surface area contributed by atoms with Gasteiger partial charge in [-0.25, -0.2) is 0 Å². The van der Waals surface area contributed by atoms with Crippen molar-refractivity contribution >= 4 is 11.8 Å². The zero-order valence-corrected chi connectivity index (χ0v) is 20.3. The summed E-state index contributed by atoms with van der Waals surface area (Å²) in [6, 6.07) is 0. The second kappa shape index (κ2) is 6.68. The van der Waals surface area contributed by atoms with Gasteiger partial charge < -0.3 is 9.47 Å². The van der Waals surface area contributed by atoms with Crippen LogP contribution in [-0.4, -0.2) is 25.2 Å². The Morgan fingerprint density at radius 2 is 1.77 bits per heavy atom. The molecule has 4 fully saturated rings. The van der Waals surface area contributed by atoms with Crippen molar-refractivity contribution in [1.82, 2.24) is 0 Å². The van der Waals surface area contributed by atoms with E-state index in [4.69, 9.17) is 9.47 Å². The van der Waals surface area contributed by atoms with Gasteiger partial charge in [0.1, 0.15) is 5.78 Å². The van der Waals surface area contributed by atoms with E-state index in [1.807, 2.05) is 0 Å². The third-order valence-electron chi connectivity index (χ3n) is 11.4. The van der Waals surface area contributed by atoms with Crippen LogP contribution in [0.15, 0.2) is 11.6 Å². The van der Waals surface area contributed by atoms with Crippen LogP contribution in [0.2, 0.25) is 0 Å². The van der Waals surface area contributed by atoms with Crippen LogP contribution in [0.5, 0.6) is 0 Å². The Balaban J connectivity index is 1.51. The number of Topliss-reactive ketones (excluding diaryl/α,β-unsaturated/α-hetero) is 1. The van der Waals surface area contributed by atoms with E-state index in [1.165, 1.54) is 19.3 Å². The molecule has 0 radical (unpaired) electrons. The lowest BCUT2D eigenvalue weighted by molar-refractivity contribution is -0.166. The molecule has 31 heavy (non-hydrogen) atoms. The predicted molar refractivity (Wildman–Crippen MR) is 119 cm³/mol. The van der Waals surface area contributed by atoms with Crippen LogP contribution in [0.25, 0.3) is 0 Å². The summed E-state index contributed by atoms with van der Waals surface area (Å²) in [5.74, 6) is 1.99. The number of carbonyl (C=O) groups is 2. The fraction of sp³-hybridized carbons (Fsp3) is 0.852. The summed E-state index contributed by atoms with van der Waals surface area (Å²) < 4.78 is 11.1. The lowest BCUT2D eigenvalue weighted by Gasteiger charge is -2.63. The predicted octanol–water partition coefficient (Wildman–Crippen LogP) is 5.70. The van der Waals surface area contributed by atoms with Crippen molar-refractivity contribution in [3.63, 3.8) is 0 Å². The van der Waals surface area contributed by atoms with Gasteiger partial charge in [-0.3, -0.25) is 9.59 Å². The Labute approximate surface area is 187 Å². The molecule has 5 rings (SSSR count). The molecule has 4 aliphatic carbocycles. The first-order chi connectivity index (χ1) is 14.5. The van der Waals surface area contributed by atoms with Crippen LogP contribution in [0.3, 0.4) is 0 Å². The van der Waals surface area contributed by atoms with Crippen molar-refractivity contribution in [2.24, 2.45) is 45.3 Å². The molecule has 0 bridgehead atoms. The lowest BCUT2D eigenvalue weighted by Crippen LogP contribution is -2.57. The van der Waals surface area contributed by atoms with Gasteiger partial charge in [-0.2, -0.15) is 0 Å². The van der Waals surface area contributed by atoms with Crippen LogP contribution in [0.4, 0.5) is 0 Å². The SMILES string of the molecule is CO[C@@H]1OC(=O)CC1[C@@H]1CC[C@]2(C)C3=CC[C@H]4C(C)(C)C(=O)CC[C@]4(C)C3CC[C@@]12C. The number of hydrogen-bond donors (Lipinski definition) is 0. The van der Waals surface area contributed by atoms with Crippen LogP contribution >= 0.6 is 0 Å². The minimum Gasteiger partial charge on any atom is -0.435 e. The molecule has 0 aromatic rings. The number of methoxy groups -OCH3 is 1. The van der Waals surface area contributed by atoms with E-state index < -0.39 is 0 Å². The molecule has 0 N–H and O–H groups in total. The first-order valence-electron chi connectivity index (χ1n) is 12.4. The maximum Gasteiger partial charge on any atom is 0.308 e. The highest BCUT2D eigenvalue weighted by molar-refractivity contribution is 5.85. The smallest absolute Gasteiger partial charge is 0.308 e. The van der Waals surface area contributed by atoms with Gasteiger partial charge in [-0.15, -0.1) is 0 Å². The number of ether oxygens (including phenoxy) is 2. The van der Waals surface area contributed by atoms with Gasteiger partial charge in [0.05, 0.1) is 6.42 Å². The molecule has 2 unspecified atom stereocenters. The molecule has 1 saturated heterocycles. The molecule has 0 spiro atoms. The Hall–Kier alpha value is -1.16. The highest BCUT2D eigenvalue weighted by Crippen LogP contribution is 2.73. The quantitative estimate of drug-likeness (QED) is 0.418. The molecule has 1 aliphatic heterocycles. The molecule has 8 atom stereocenters. The highest BCUT2D eigenvalue weighted by Gasteiger charge is 2.66. The van der Waals surface area contributed by atoms with Gasteiger partial charge in [-0.1, -0.05) is 46.3 Å². The van der Waals surface area contributed by atoms with Crippen molar-refractivity contribution in [3.8, 4) is 0 Å². The average Bonchev–Trinajstić information content (AvgIpc) is 3.21. The first kappa shape index (κ1) is 21.7. The van der Waals surface area contributed by atoms with E-state index in [1.54, 1.807) is 12.7 Å². The molecule has 4 nitrogen and oxygen atoms in total. The van der Waals surface area contributed by atoms with Crippen LogP contribution < -0.4 is 0 Å². The van der Waals surface area contributed by atoms with Gasteiger partial charge in [0, 0.05) is 24.9 Å². The van der Waals surface area contributed by atoms with E-state index in [0.29, 0.717) is 30.0 Å². The van der Waals surface area contributed by atoms with Crippen LogP contribution in [-0.2, 0) is 19.1 Å². The largest absolute Gasteiger partial charge is 0.435 e. The van der Waals surface area contributed by atoms with E-state index in [0.717, 1.165) is 25.7 Å². The highest BCUT2D eigenvalue weighted by atomic mass is 16.7. The summed E-state index contributed by atoms with van der Waals surface area (Å²) in [5.41, 5.74) is 1.98. The topological polar surface area (TPSA) is 52.6 Å². The standard InChI is InChI=1S/C27H40O4/c1-24(2)20-8-7-19-18(25(20,3)12-11-21(24)28)10-14-26(4)17(9-13-27(19,26)5)16-15-22(29)31-23(16)30-6/h7,16-18,20,23H,8-15H2,1-6H3/t16?,17-,18?,20-,23+,25+,26-,27+/m0/s1. The second-order valence-corrected chi connectivity index (χ2v) is 12.5. The third kappa shape index (κ3) is 2.63. The summed E-state index contributed by atoms with van der Waals surface area (Å²) in [7, 11) is 1.67. The van der Waals surface area contributed by atoms with E-state index >= 15 is 0 Å². The molecule has 0 aromatic carbocycles. The minimum atomic E-state index is -0.387. The Morgan fingerprint density at radius 3 is 2.48 bits per heavy atom.